The number of hydrogen-bond donors (Lipinski definition) is 1. The fraction of sp³-hybridized carbons (Fsp3) is 0.393. The van der Waals surface area contributed by atoms with Gasteiger partial charge in [0, 0.05) is 26.2 Å². The van der Waals surface area contributed by atoms with Crippen LogP contribution in [0.25, 0.3) is 5.69 Å². The average molecular weight is 630 g/mol. The predicted molar refractivity (Wildman–Crippen MR) is 154 cm³/mol. The second-order valence-corrected chi connectivity index (χ2v) is 11.4. The van der Waals surface area contributed by atoms with Gasteiger partial charge in [0.2, 0.25) is 5.69 Å². The van der Waals surface area contributed by atoms with Crippen LogP contribution in [0.5, 0.6) is 17.2 Å². The van der Waals surface area contributed by atoms with Gasteiger partial charge in [0.15, 0.2) is 0 Å². The van der Waals surface area contributed by atoms with Gasteiger partial charge in [-0.2, -0.15) is 9.78 Å². The maximum absolute atomic E-state index is 13.2. The van der Waals surface area contributed by atoms with Crippen molar-refractivity contribution in [2.45, 2.75) is 40.2 Å². The Balaban J connectivity index is 1.56. The van der Waals surface area contributed by atoms with Crippen molar-refractivity contribution in [1.82, 2.24) is 24.6 Å². The molecule has 0 unspecified atom stereocenters. The number of H-pyrrole nitrogens is 1. The van der Waals surface area contributed by atoms with Gasteiger partial charge in [-0.1, -0.05) is 0 Å². The van der Waals surface area contributed by atoms with Crippen LogP contribution < -0.4 is 20.7 Å². The summed E-state index contributed by atoms with van der Waals surface area (Å²) >= 11 is 3.45. The molecule has 0 saturated carbocycles. The Kier molecular flexibility index (Phi) is 8.57. The molecule has 2 heterocycles. The molecule has 218 valence electrons. The number of hydrogen-bond acceptors (Lipinski definition) is 8. The van der Waals surface area contributed by atoms with Gasteiger partial charge in [0.25, 0.3) is 11.5 Å². The molecule has 3 aromatic rings. The number of aryl methyl sites for hydroxylation is 2. The molecular weight excluding hydrogens is 598 g/mol. The summed E-state index contributed by atoms with van der Waals surface area (Å²) in [6.07, 6.45) is -0.466. The van der Waals surface area contributed by atoms with Crippen molar-refractivity contribution in [2.75, 3.05) is 33.3 Å². The standard InChI is InChI=1S/C28H32BrN5O7/c1-16-13-18(14-17(2)23(16)40-19-7-8-21(39-6)20(29)15-19)34-26(37)30-24(35)22(31-34)25(36)32-9-11-33(12-10-32)27(38)41-28(3,4)5/h7-8,13-15H,9-12H2,1-6H3,(H,30,35,37). The zero-order valence-corrected chi connectivity index (χ0v) is 25.3. The number of piperazine rings is 1. The molecule has 0 radical (unpaired) electrons. The molecule has 41 heavy (non-hydrogen) atoms. The molecule has 1 N–H and O–H groups in total. The summed E-state index contributed by atoms with van der Waals surface area (Å²) < 4.78 is 18.5. The van der Waals surface area contributed by atoms with Gasteiger partial charge < -0.3 is 24.0 Å². The van der Waals surface area contributed by atoms with E-state index in [2.05, 4.69) is 26.0 Å². The molecular formula is C28H32BrN5O7. The molecule has 0 bridgehead atoms. The summed E-state index contributed by atoms with van der Waals surface area (Å²) in [6.45, 7) is 9.82. The molecule has 0 spiro atoms. The first-order valence-electron chi connectivity index (χ1n) is 12.9. The molecule has 12 nitrogen and oxygen atoms in total. The maximum atomic E-state index is 13.2. The van der Waals surface area contributed by atoms with Crippen LogP contribution in [0.15, 0.2) is 44.4 Å². The Morgan fingerprint density at radius 2 is 1.59 bits per heavy atom. The van der Waals surface area contributed by atoms with Crippen molar-refractivity contribution in [1.29, 1.82) is 0 Å². The van der Waals surface area contributed by atoms with E-state index in [1.165, 1.54) is 9.80 Å². The van der Waals surface area contributed by atoms with Crippen molar-refractivity contribution < 1.29 is 23.8 Å². The molecule has 1 aliphatic rings. The van der Waals surface area contributed by atoms with Gasteiger partial charge >= 0.3 is 11.8 Å². The number of halogens is 1. The summed E-state index contributed by atoms with van der Waals surface area (Å²) in [5, 5.41) is 4.15. The minimum absolute atomic E-state index is 0.185. The lowest BCUT2D eigenvalue weighted by atomic mass is 10.1. The lowest BCUT2D eigenvalue weighted by Gasteiger charge is -2.35. The first kappa shape index (κ1) is 29.8. The SMILES string of the molecule is COc1ccc(Oc2c(C)cc(-n3nc(C(=O)N4CCN(C(=O)OC(C)(C)C)CC4)c(=O)[nH]c3=O)cc2C)cc1Br. The van der Waals surface area contributed by atoms with E-state index >= 15 is 0 Å². The fourth-order valence-corrected chi connectivity index (χ4v) is 4.84. The van der Waals surface area contributed by atoms with Crippen molar-refractivity contribution >= 4 is 27.9 Å². The van der Waals surface area contributed by atoms with Gasteiger partial charge in [-0.05, 0) is 92.0 Å². The minimum Gasteiger partial charge on any atom is -0.496 e. The molecule has 1 saturated heterocycles. The number of nitrogens with zero attached hydrogens (tertiary/aromatic N) is 4. The Hall–Kier alpha value is -4.13. The summed E-state index contributed by atoms with van der Waals surface area (Å²) in [5.74, 6) is 1.19. The van der Waals surface area contributed by atoms with Crippen LogP contribution in [0.2, 0.25) is 0 Å². The predicted octanol–water partition coefficient (Wildman–Crippen LogP) is 3.79. The zero-order valence-electron chi connectivity index (χ0n) is 23.7. The highest BCUT2D eigenvalue weighted by Gasteiger charge is 2.30. The van der Waals surface area contributed by atoms with Gasteiger partial charge in [0.05, 0.1) is 17.3 Å². The van der Waals surface area contributed by atoms with E-state index in [4.69, 9.17) is 14.2 Å². The Morgan fingerprint density at radius 3 is 2.15 bits per heavy atom. The summed E-state index contributed by atoms with van der Waals surface area (Å²) in [5.41, 5.74) is -0.960. The molecule has 2 amide bonds. The van der Waals surface area contributed by atoms with E-state index in [1.807, 2.05) is 13.8 Å². The minimum atomic E-state index is -0.885. The normalized spacial score (nSPS) is 13.6. The molecule has 1 fully saturated rings. The topological polar surface area (TPSA) is 136 Å². The number of benzene rings is 2. The molecule has 13 heteroatoms. The van der Waals surface area contributed by atoms with Crippen molar-refractivity contribution in [3.8, 4) is 22.9 Å². The van der Waals surface area contributed by atoms with Gasteiger partial charge in [-0.15, -0.1) is 0 Å². The first-order valence-corrected chi connectivity index (χ1v) is 13.7. The van der Waals surface area contributed by atoms with E-state index in [0.717, 1.165) is 9.15 Å². The summed E-state index contributed by atoms with van der Waals surface area (Å²) in [7, 11) is 1.58. The lowest BCUT2D eigenvalue weighted by molar-refractivity contribution is 0.0139. The number of carbonyl (C=O) groups excluding carboxylic acids is 2. The molecule has 0 aliphatic carbocycles. The van der Waals surface area contributed by atoms with Crippen LogP contribution >= 0.6 is 15.9 Å². The van der Waals surface area contributed by atoms with E-state index in [9.17, 15) is 19.2 Å². The van der Waals surface area contributed by atoms with E-state index in [-0.39, 0.29) is 26.2 Å². The van der Waals surface area contributed by atoms with Crippen LogP contribution in [0, 0.1) is 13.8 Å². The van der Waals surface area contributed by atoms with Crippen LogP contribution in [0.1, 0.15) is 42.4 Å². The number of aromatic amines is 1. The summed E-state index contributed by atoms with van der Waals surface area (Å²) in [4.78, 5) is 56.1. The quantitative estimate of drug-likeness (QED) is 0.450. The molecule has 1 aromatic heterocycles. The first-order chi connectivity index (χ1) is 19.3. The van der Waals surface area contributed by atoms with Gasteiger partial charge in [0.1, 0.15) is 22.8 Å². The molecule has 1 aliphatic heterocycles. The van der Waals surface area contributed by atoms with Crippen molar-refractivity contribution in [3.05, 3.63) is 72.5 Å². The number of carbonyl (C=O) groups is 2. The number of nitrogens with one attached hydrogen (secondary N) is 1. The number of rotatable bonds is 5. The highest BCUT2D eigenvalue weighted by Crippen LogP contribution is 2.34. The largest absolute Gasteiger partial charge is 0.496 e. The van der Waals surface area contributed by atoms with Gasteiger partial charge in [-0.3, -0.25) is 14.6 Å². The highest BCUT2D eigenvalue weighted by molar-refractivity contribution is 9.10. The molecule has 2 aromatic carbocycles. The highest BCUT2D eigenvalue weighted by atomic mass is 79.9. The third kappa shape index (κ3) is 6.79. The number of ether oxygens (including phenoxy) is 3. The smallest absolute Gasteiger partial charge is 0.410 e. The Bertz CT molecular complexity index is 1580. The van der Waals surface area contributed by atoms with Gasteiger partial charge in [-0.25, -0.2) is 9.59 Å². The third-order valence-corrected chi connectivity index (χ3v) is 6.90. The van der Waals surface area contributed by atoms with Crippen LogP contribution in [-0.4, -0.2) is 75.5 Å². The lowest BCUT2D eigenvalue weighted by Crippen LogP contribution is -2.52. The van der Waals surface area contributed by atoms with Crippen molar-refractivity contribution in [3.63, 3.8) is 0 Å². The Morgan fingerprint density at radius 1 is 0.976 bits per heavy atom. The molecule has 4 rings (SSSR count). The van der Waals surface area contributed by atoms with Crippen LogP contribution in [0.4, 0.5) is 4.79 Å². The van der Waals surface area contributed by atoms with Crippen molar-refractivity contribution in [2.24, 2.45) is 0 Å². The zero-order chi connectivity index (χ0) is 30.1. The number of methoxy groups -OCH3 is 1. The fourth-order valence-electron chi connectivity index (χ4n) is 4.32. The van der Waals surface area contributed by atoms with Crippen LogP contribution in [-0.2, 0) is 4.74 Å². The monoisotopic (exact) mass is 629 g/mol. The Labute approximate surface area is 244 Å². The second kappa shape index (κ2) is 11.8. The maximum Gasteiger partial charge on any atom is 0.410 e. The average Bonchev–Trinajstić information content (AvgIpc) is 2.89. The van der Waals surface area contributed by atoms with E-state index in [0.29, 0.717) is 34.1 Å². The second-order valence-electron chi connectivity index (χ2n) is 10.6. The molecule has 0 atom stereocenters. The number of amides is 2. The van der Waals surface area contributed by atoms with Crippen LogP contribution in [0.3, 0.4) is 0 Å². The third-order valence-electron chi connectivity index (χ3n) is 6.28. The van der Waals surface area contributed by atoms with E-state index in [1.54, 1.807) is 58.2 Å². The van der Waals surface area contributed by atoms with E-state index < -0.39 is 34.5 Å². The number of aromatic nitrogens is 3. The summed E-state index contributed by atoms with van der Waals surface area (Å²) in [6, 6.07) is 8.70.